The smallest absolute Gasteiger partial charge is 0.238 e. The monoisotopic (exact) mass is 518 g/mol. The van der Waals surface area contributed by atoms with Crippen molar-refractivity contribution in [3.05, 3.63) is 35.9 Å². The van der Waals surface area contributed by atoms with E-state index in [1.807, 2.05) is 18.2 Å². The van der Waals surface area contributed by atoms with E-state index in [1.165, 1.54) is 83.5 Å². The van der Waals surface area contributed by atoms with Gasteiger partial charge in [-0.2, -0.15) is 0 Å². The predicted octanol–water partition coefficient (Wildman–Crippen LogP) is 7.56. The Bertz CT molecular complexity index is 756. The number of ether oxygens (including phenoxy) is 2. The summed E-state index contributed by atoms with van der Waals surface area (Å²) < 4.78 is 10.7. The molecule has 1 aliphatic rings. The van der Waals surface area contributed by atoms with E-state index in [4.69, 9.17) is 9.47 Å². The number of nitrogens with one attached hydrogen (secondary N) is 2. The third kappa shape index (κ3) is 12.1. The number of carbonyl (C=O) groups is 1. The molecule has 0 bridgehead atoms. The summed E-state index contributed by atoms with van der Waals surface area (Å²) in [5.41, 5.74) is 1.10. The summed E-state index contributed by atoms with van der Waals surface area (Å²) in [4.78, 5) is 12.6. The molecule has 1 aromatic carbocycles. The molecule has 0 spiro atoms. The Labute approximate surface area is 224 Å². The highest BCUT2D eigenvalue weighted by Gasteiger charge is 2.30. The third-order valence-corrected chi connectivity index (χ3v) is 8.06. The first kappa shape index (κ1) is 30.6. The summed E-state index contributed by atoms with van der Waals surface area (Å²) in [6.45, 7) is 3.04. The van der Waals surface area contributed by atoms with Crippen molar-refractivity contribution in [2.45, 2.75) is 108 Å². The van der Waals surface area contributed by atoms with Crippen molar-refractivity contribution in [1.29, 1.82) is 0 Å². The summed E-state index contributed by atoms with van der Waals surface area (Å²) in [6.07, 6.45) is 23.0. The lowest BCUT2D eigenvalue weighted by molar-refractivity contribution is -0.122. The lowest BCUT2D eigenvalue weighted by Crippen LogP contribution is -2.42. The van der Waals surface area contributed by atoms with Gasteiger partial charge in [-0.3, -0.25) is 10.1 Å². The third-order valence-electron chi connectivity index (χ3n) is 6.80. The molecular formula is C30H50N2O3S. The summed E-state index contributed by atoms with van der Waals surface area (Å²) >= 11 is 1.76. The topological polar surface area (TPSA) is 59.6 Å². The van der Waals surface area contributed by atoms with Crippen LogP contribution in [-0.4, -0.2) is 38.5 Å². The average molecular weight is 519 g/mol. The van der Waals surface area contributed by atoms with Gasteiger partial charge in [0.25, 0.3) is 0 Å². The fourth-order valence-corrected chi connectivity index (χ4v) is 5.77. The van der Waals surface area contributed by atoms with Gasteiger partial charge < -0.3 is 14.8 Å². The van der Waals surface area contributed by atoms with Gasteiger partial charge in [0, 0.05) is 12.3 Å². The van der Waals surface area contributed by atoms with E-state index in [1.54, 1.807) is 26.0 Å². The highest BCUT2D eigenvalue weighted by atomic mass is 32.2. The molecule has 1 unspecified atom stereocenters. The highest BCUT2D eigenvalue weighted by molar-refractivity contribution is 7.99. The van der Waals surface area contributed by atoms with Crippen LogP contribution in [0, 0.1) is 0 Å². The number of benzene rings is 1. The van der Waals surface area contributed by atoms with Crippen LogP contribution in [0.4, 0.5) is 0 Å². The molecule has 5 nitrogen and oxygen atoms in total. The molecule has 2 atom stereocenters. The quantitative estimate of drug-likeness (QED) is 0.138. The maximum atomic E-state index is 12.6. The van der Waals surface area contributed by atoms with E-state index >= 15 is 0 Å². The van der Waals surface area contributed by atoms with Crippen LogP contribution in [0.5, 0.6) is 11.5 Å². The molecule has 0 aliphatic carbocycles. The van der Waals surface area contributed by atoms with E-state index < -0.39 is 0 Å². The largest absolute Gasteiger partial charge is 0.493 e. The van der Waals surface area contributed by atoms with E-state index in [9.17, 15) is 4.79 Å². The summed E-state index contributed by atoms with van der Waals surface area (Å²) in [5, 5.41) is 6.66. The summed E-state index contributed by atoms with van der Waals surface area (Å²) in [6, 6.07) is 5.77. The fraction of sp³-hybridized carbons (Fsp3) is 0.700. The van der Waals surface area contributed by atoms with Crippen LogP contribution < -0.4 is 20.1 Å². The number of methoxy groups -OCH3 is 2. The Morgan fingerprint density at radius 1 is 0.917 bits per heavy atom. The Balaban J connectivity index is 1.45. The molecule has 2 rings (SSSR count). The Hall–Kier alpha value is -1.66. The van der Waals surface area contributed by atoms with Crippen LogP contribution in [-0.2, 0) is 4.79 Å². The lowest BCUT2D eigenvalue weighted by atomic mass is 10.1. The molecule has 1 amide bonds. The van der Waals surface area contributed by atoms with Gasteiger partial charge >= 0.3 is 0 Å². The molecule has 0 aromatic heterocycles. The minimum absolute atomic E-state index is 0.0881. The van der Waals surface area contributed by atoms with Crippen molar-refractivity contribution in [2.75, 3.05) is 26.5 Å². The molecule has 6 heteroatoms. The number of rotatable bonds is 20. The van der Waals surface area contributed by atoms with Crippen LogP contribution in [0.2, 0.25) is 0 Å². The molecule has 1 saturated heterocycles. The van der Waals surface area contributed by atoms with Gasteiger partial charge in [-0.25, -0.2) is 0 Å². The first-order chi connectivity index (χ1) is 17.7. The zero-order valence-corrected chi connectivity index (χ0v) is 23.8. The van der Waals surface area contributed by atoms with Gasteiger partial charge in [0.1, 0.15) is 0 Å². The number of amides is 1. The number of thioether (sulfide) groups is 1. The molecule has 204 valence electrons. The van der Waals surface area contributed by atoms with Gasteiger partial charge in [-0.05, 0) is 49.8 Å². The molecule has 1 aromatic rings. The number of unbranched alkanes of at least 4 members (excludes halogenated alkanes) is 12. The van der Waals surface area contributed by atoms with Gasteiger partial charge in [0.05, 0.1) is 25.6 Å². The van der Waals surface area contributed by atoms with Crippen molar-refractivity contribution < 1.29 is 14.3 Å². The predicted molar refractivity (Wildman–Crippen MR) is 154 cm³/mol. The van der Waals surface area contributed by atoms with Crippen molar-refractivity contribution in [1.82, 2.24) is 10.6 Å². The van der Waals surface area contributed by atoms with Crippen molar-refractivity contribution in [3.8, 4) is 11.5 Å². The van der Waals surface area contributed by atoms with E-state index in [-0.39, 0.29) is 17.3 Å². The number of hydrogen-bond acceptors (Lipinski definition) is 5. The molecule has 1 aliphatic heterocycles. The molecule has 1 heterocycles. The second-order valence-electron chi connectivity index (χ2n) is 9.78. The number of allylic oxidation sites excluding steroid dienone is 2. The normalized spacial score (nSPS) is 17.5. The fourth-order valence-electron chi connectivity index (χ4n) is 4.54. The van der Waals surface area contributed by atoms with Crippen LogP contribution >= 0.6 is 11.8 Å². The van der Waals surface area contributed by atoms with E-state index in [2.05, 4.69) is 29.7 Å². The molecule has 36 heavy (non-hydrogen) atoms. The number of hydrogen-bond donors (Lipinski definition) is 2. The minimum Gasteiger partial charge on any atom is -0.493 e. The summed E-state index contributed by atoms with van der Waals surface area (Å²) in [7, 11) is 3.28. The van der Waals surface area contributed by atoms with Gasteiger partial charge in [0.2, 0.25) is 5.91 Å². The standard InChI is InChI=1S/C30H50N2O3S/c1-4-5-6-7-8-9-10-11-12-13-14-15-16-17-18-19-22-31-29(33)26-24-36-30(32-26)25-20-21-27(34-2)28(23-25)35-3/h12-13,20-21,23,26,30,32H,4-11,14-19,22,24H2,1-3H3,(H,31,33)/b13-12+/t26-,30?/m0/s1. The Morgan fingerprint density at radius 3 is 2.17 bits per heavy atom. The lowest BCUT2D eigenvalue weighted by Gasteiger charge is -2.15. The van der Waals surface area contributed by atoms with Crippen molar-refractivity contribution in [3.63, 3.8) is 0 Å². The summed E-state index contributed by atoms with van der Waals surface area (Å²) in [5.74, 6) is 2.31. The second kappa shape index (κ2) is 19.5. The van der Waals surface area contributed by atoms with Crippen LogP contribution in [0.15, 0.2) is 30.4 Å². The molecule has 0 saturated carbocycles. The maximum Gasteiger partial charge on any atom is 0.238 e. The number of carbonyl (C=O) groups excluding carboxylic acids is 1. The molecule has 1 fully saturated rings. The van der Waals surface area contributed by atoms with E-state index in [0.717, 1.165) is 24.3 Å². The van der Waals surface area contributed by atoms with Crippen molar-refractivity contribution in [2.24, 2.45) is 0 Å². The zero-order chi connectivity index (χ0) is 25.8. The van der Waals surface area contributed by atoms with Crippen LogP contribution in [0.25, 0.3) is 0 Å². The first-order valence-corrected chi connectivity index (χ1v) is 15.3. The highest BCUT2D eigenvalue weighted by Crippen LogP contribution is 2.37. The van der Waals surface area contributed by atoms with E-state index in [0.29, 0.717) is 11.5 Å². The Morgan fingerprint density at radius 2 is 1.53 bits per heavy atom. The van der Waals surface area contributed by atoms with Crippen molar-refractivity contribution >= 4 is 17.7 Å². The average Bonchev–Trinajstić information content (AvgIpc) is 3.40. The second-order valence-corrected chi connectivity index (χ2v) is 10.9. The minimum atomic E-state index is -0.152. The van der Waals surface area contributed by atoms with Gasteiger partial charge in [-0.1, -0.05) is 82.9 Å². The van der Waals surface area contributed by atoms with Crippen LogP contribution in [0.3, 0.4) is 0 Å². The first-order valence-electron chi connectivity index (χ1n) is 14.2. The molecule has 0 radical (unpaired) electrons. The zero-order valence-electron chi connectivity index (χ0n) is 23.0. The van der Waals surface area contributed by atoms with Crippen LogP contribution in [0.1, 0.15) is 108 Å². The van der Waals surface area contributed by atoms with Gasteiger partial charge in [-0.15, -0.1) is 11.8 Å². The Kier molecular flexibility index (Phi) is 16.5. The SMILES string of the molecule is CCCCCCCCC/C=C/CCCCCCCNC(=O)[C@@H]1CSC(c2ccc(OC)c(OC)c2)N1. The van der Waals surface area contributed by atoms with Gasteiger partial charge in [0.15, 0.2) is 11.5 Å². The molecule has 2 N–H and O–H groups in total. The maximum absolute atomic E-state index is 12.6. The molecular weight excluding hydrogens is 468 g/mol.